The van der Waals surface area contributed by atoms with Crippen molar-refractivity contribution >= 4 is 29.4 Å². The van der Waals surface area contributed by atoms with Crippen LogP contribution in [0.25, 0.3) is 16.9 Å². The summed E-state index contributed by atoms with van der Waals surface area (Å²) in [5, 5.41) is 3.47. The van der Waals surface area contributed by atoms with Crippen LogP contribution in [0.15, 0.2) is 91.6 Å². The van der Waals surface area contributed by atoms with Gasteiger partial charge in [0.2, 0.25) is 11.9 Å². The summed E-state index contributed by atoms with van der Waals surface area (Å²) in [4.78, 5) is 32.4. The number of imidazole rings is 1. The van der Waals surface area contributed by atoms with Gasteiger partial charge in [0.05, 0.1) is 25.6 Å². The normalized spacial score (nSPS) is 10.5. The predicted octanol–water partition coefficient (Wildman–Crippen LogP) is 5.48. The van der Waals surface area contributed by atoms with Crippen LogP contribution < -0.4 is 14.8 Å². The number of ether oxygens (including phenoxy) is 2. The van der Waals surface area contributed by atoms with Gasteiger partial charge in [0.15, 0.2) is 0 Å². The Morgan fingerprint density at radius 2 is 1.71 bits per heavy atom. The lowest BCUT2D eigenvalue weighted by Crippen LogP contribution is -2.38. The Bertz CT molecular complexity index is 1450. The van der Waals surface area contributed by atoms with E-state index in [9.17, 15) is 9.59 Å². The van der Waals surface area contributed by atoms with E-state index in [1.807, 2.05) is 42.6 Å². The molecule has 0 aliphatic rings. The van der Waals surface area contributed by atoms with Crippen molar-refractivity contribution in [3.63, 3.8) is 0 Å². The Hall–Kier alpha value is -4.56. The van der Waals surface area contributed by atoms with Crippen LogP contribution in [0.4, 0.5) is 5.95 Å². The molecule has 1 N–H and O–H groups in total. The summed E-state index contributed by atoms with van der Waals surface area (Å²) in [6.45, 7) is 3.71. The molecule has 0 aliphatic heterocycles. The smallest absolute Gasteiger partial charge is 0.254 e. The van der Waals surface area contributed by atoms with Gasteiger partial charge in [0, 0.05) is 35.0 Å². The summed E-state index contributed by atoms with van der Waals surface area (Å²) >= 11 is 6.05. The number of benzene rings is 3. The highest BCUT2D eigenvalue weighted by atomic mass is 35.5. The van der Waals surface area contributed by atoms with Crippen molar-refractivity contribution in [1.82, 2.24) is 14.5 Å². The fraction of sp³-hybridized carbons (Fsp3) is 0.138. The summed E-state index contributed by atoms with van der Waals surface area (Å²) in [7, 11) is 3.11. The van der Waals surface area contributed by atoms with Gasteiger partial charge in [0.25, 0.3) is 5.91 Å². The van der Waals surface area contributed by atoms with Crippen molar-refractivity contribution in [2.45, 2.75) is 0 Å². The van der Waals surface area contributed by atoms with Crippen LogP contribution in [0.2, 0.25) is 5.02 Å². The first-order valence-electron chi connectivity index (χ1n) is 11.8. The van der Waals surface area contributed by atoms with Crippen LogP contribution in [0.5, 0.6) is 11.5 Å². The monoisotopic (exact) mass is 530 g/mol. The summed E-state index contributed by atoms with van der Waals surface area (Å²) in [6.07, 6.45) is 3.39. The average molecular weight is 531 g/mol. The standard InChI is InChI=1S/C29H27ClN4O4/c1-4-15-33(28(36)21-7-5-9-24(16-21)37-2)19-27(35)32-29-31-26(20-11-13-22(30)14-12-20)18-34(29)23-8-6-10-25(17-23)38-3/h4-14,16-18H,1,15,19H2,2-3H3,(H,31,32,35). The summed E-state index contributed by atoms with van der Waals surface area (Å²) < 4.78 is 12.3. The van der Waals surface area contributed by atoms with E-state index in [1.165, 1.54) is 12.0 Å². The Kier molecular flexibility index (Phi) is 8.45. The maximum Gasteiger partial charge on any atom is 0.254 e. The van der Waals surface area contributed by atoms with E-state index in [1.54, 1.807) is 54.2 Å². The topological polar surface area (TPSA) is 85.7 Å². The molecular weight excluding hydrogens is 504 g/mol. The number of halogens is 1. The second-order valence-corrected chi connectivity index (χ2v) is 8.72. The number of nitrogens with one attached hydrogen (secondary N) is 1. The van der Waals surface area contributed by atoms with E-state index in [0.717, 1.165) is 11.3 Å². The van der Waals surface area contributed by atoms with E-state index in [0.29, 0.717) is 33.7 Å². The number of anilines is 1. The van der Waals surface area contributed by atoms with Crippen LogP contribution in [-0.2, 0) is 4.79 Å². The zero-order chi connectivity index (χ0) is 27.1. The lowest BCUT2D eigenvalue weighted by Gasteiger charge is -2.21. The highest BCUT2D eigenvalue weighted by Crippen LogP contribution is 2.27. The summed E-state index contributed by atoms with van der Waals surface area (Å²) in [5.41, 5.74) is 2.60. The van der Waals surface area contributed by atoms with Crippen LogP contribution in [0.3, 0.4) is 0 Å². The first kappa shape index (κ1) is 26.5. The molecule has 3 aromatic carbocycles. The Morgan fingerprint density at radius 1 is 1.03 bits per heavy atom. The molecule has 38 heavy (non-hydrogen) atoms. The number of carbonyl (C=O) groups is 2. The molecule has 0 spiro atoms. The molecule has 8 nitrogen and oxygen atoms in total. The number of aromatic nitrogens is 2. The molecule has 0 atom stereocenters. The minimum absolute atomic E-state index is 0.184. The number of nitrogens with zero attached hydrogens (tertiary/aromatic N) is 3. The maximum atomic E-state index is 13.2. The predicted molar refractivity (Wildman–Crippen MR) is 148 cm³/mol. The molecular formula is C29H27ClN4O4. The minimum atomic E-state index is -0.416. The van der Waals surface area contributed by atoms with E-state index < -0.39 is 5.91 Å². The van der Waals surface area contributed by atoms with Gasteiger partial charge in [-0.25, -0.2) is 4.98 Å². The van der Waals surface area contributed by atoms with Gasteiger partial charge >= 0.3 is 0 Å². The van der Waals surface area contributed by atoms with Crippen molar-refractivity contribution in [2.24, 2.45) is 0 Å². The van der Waals surface area contributed by atoms with Gasteiger partial charge in [0.1, 0.15) is 18.0 Å². The third-order valence-electron chi connectivity index (χ3n) is 5.72. The molecule has 0 saturated heterocycles. The summed E-state index contributed by atoms with van der Waals surface area (Å²) in [6, 6.07) is 21.4. The minimum Gasteiger partial charge on any atom is -0.497 e. The van der Waals surface area contributed by atoms with E-state index in [2.05, 4.69) is 16.9 Å². The molecule has 4 aromatic rings. The van der Waals surface area contributed by atoms with Crippen molar-refractivity contribution in [1.29, 1.82) is 0 Å². The summed E-state index contributed by atoms with van der Waals surface area (Å²) in [5.74, 6) is 0.759. The third kappa shape index (κ3) is 6.22. The number of rotatable bonds is 10. The third-order valence-corrected chi connectivity index (χ3v) is 5.97. The number of methoxy groups -OCH3 is 2. The van der Waals surface area contributed by atoms with Crippen molar-refractivity contribution in [2.75, 3.05) is 32.6 Å². The molecule has 2 amide bonds. The second-order valence-electron chi connectivity index (χ2n) is 8.28. The lowest BCUT2D eigenvalue weighted by atomic mass is 10.2. The molecule has 1 heterocycles. The van der Waals surface area contributed by atoms with Crippen molar-refractivity contribution in [3.05, 3.63) is 102 Å². The molecule has 0 bridgehead atoms. The molecule has 4 rings (SSSR count). The van der Waals surface area contributed by atoms with Gasteiger partial charge in [-0.2, -0.15) is 0 Å². The number of hydrogen-bond donors (Lipinski definition) is 1. The van der Waals surface area contributed by atoms with Crippen LogP contribution in [0.1, 0.15) is 10.4 Å². The Morgan fingerprint density at radius 3 is 2.39 bits per heavy atom. The number of hydrogen-bond acceptors (Lipinski definition) is 5. The Balaban J connectivity index is 1.62. The highest BCUT2D eigenvalue weighted by molar-refractivity contribution is 6.30. The zero-order valence-corrected chi connectivity index (χ0v) is 21.8. The second kappa shape index (κ2) is 12.1. The van der Waals surface area contributed by atoms with E-state index in [4.69, 9.17) is 21.1 Å². The van der Waals surface area contributed by atoms with Crippen LogP contribution in [0, 0.1) is 0 Å². The molecule has 194 valence electrons. The van der Waals surface area contributed by atoms with Crippen molar-refractivity contribution in [3.8, 4) is 28.4 Å². The molecule has 0 aliphatic carbocycles. The van der Waals surface area contributed by atoms with Crippen LogP contribution in [-0.4, -0.2) is 53.6 Å². The van der Waals surface area contributed by atoms with Gasteiger partial charge in [-0.3, -0.25) is 19.5 Å². The van der Waals surface area contributed by atoms with Gasteiger partial charge in [-0.05, 0) is 42.5 Å². The van der Waals surface area contributed by atoms with Crippen LogP contribution >= 0.6 is 11.6 Å². The van der Waals surface area contributed by atoms with E-state index >= 15 is 0 Å². The lowest BCUT2D eigenvalue weighted by molar-refractivity contribution is -0.116. The van der Waals surface area contributed by atoms with Gasteiger partial charge < -0.3 is 14.4 Å². The molecule has 0 saturated carbocycles. The fourth-order valence-electron chi connectivity index (χ4n) is 3.84. The van der Waals surface area contributed by atoms with Crippen molar-refractivity contribution < 1.29 is 19.1 Å². The zero-order valence-electron chi connectivity index (χ0n) is 21.1. The number of carbonyl (C=O) groups excluding carboxylic acids is 2. The Labute approximate surface area is 226 Å². The first-order valence-corrected chi connectivity index (χ1v) is 12.1. The van der Waals surface area contributed by atoms with E-state index in [-0.39, 0.29) is 19.0 Å². The highest BCUT2D eigenvalue weighted by Gasteiger charge is 2.21. The largest absolute Gasteiger partial charge is 0.497 e. The fourth-order valence-corrected chi connectivity index (χ4v) is 3.96. The SMILES string of the molecule is C=CCN(CC(=O)Nc1nc(-c2ccc(Cl)cc2)cn1-c1cccc(OC)c1)C(=O)c1cccc(OC)c1. The molecule has 0 radical (unpaired) electrons. The molecule has 1 aromatic heterocycles. The average Bonchev–Trinajstić information content (AvgIpc) is 3.36. The molecule has 0 unspecified atom stereocenters. The first-order chi connectivity index (χ1) is 18.4. The molecule has 0 fully saturated rings. The molecule has 9 heteroatoms. The van der Waals surface area contributed by atoms with Gasteiger partial charge in [-0.15, -0.1) is 6.58 Å². The van der Waals surface area contributed by atoms with Gasteiger partial charge in [-0.1, -0.05) is 41.9 Å². The maximum absolute atomic E-state index is 13.2. The number of amides is 2. The quantitative estimate of drug-likeness (QED) is 0.274.